The van der Waals surface area contributed by atoms with Crippen LogP contribution in [0.15, 0.2) is 164 Å². The summed E-state index contributed by atoms with van der Waals surface area (Å²) in [6, 6.07) is 64.1. The first-order valence-electron chi connectivity index (χ1n) is 23.5. The Hall–Kier alpha value is -6.46. The molecule has 0 atom stereocenters. The van der Waals surface area contributed by atoms with Crippen LogP contribution in [0.25, 0.3) is 59.3 Å². The Balaban J connectivity index is 0.00000553. The zero-order chi connectivity index (χ0) is 47.1. The molecule has 7 aromatic carbocycles. The number of para-hydroxylation sites is 3. The van der Waals surface area contributed by atoms with Crippen LogP contribution in [0.1, 0.15) is 79.0 Å². The molecule has 1 aliphatic rings. The second-order valence-electron chi connectivity index (χ2n) is 21.1. The third-order valence-corrected chi connectivity index (χ3v) is 14.5. The molecule has 4 heterocycles. The van der Waals surface area contributed by atoms with E-state index in [-0.39, 0.29) is 37.3 Å². The van der Waals surface area contributed by atoms with E-state index in [0.29, 0.717) is 11.5 Å². The minimum Gasteiger partial charge on any atom is -0.509 e. The first kappa shape index (κ1) is 46.3. The molecule has 0 aliphatic carbocycles. The molecule has 0 radical (unpaired) electrons. The molecule has 7 heteroatoms. The fraction of sp³-hybridized carbons (Fsp3) is 0.194. The molecule has 0 unspecified atom stereocenters. The van der Waals surface area contributed by atoms with Gasteiger partial charge in [-0.15, -0.1) is 54.0 Å². The molecule has 11 rings (SSSR count). The number of thiophene rings is 1. The first-order valence-corrected chi connectivity index (χ1v) is 24.3. The third kappa shape index (κ3) is 8.46. The maximum atomic E-state index is 6.74. The van der Waals surface area contributed by atoms with Gasteiger partial charge >= 0.3 is 0 Å². The molecular formula is C62H55N4OPtS-3. The smallest absolute Gasteiger partial charge is 0.135 e. The van der Waals surface area contributed by atoms with Crippen molar-refractivity contribution >= 4 is 65.3 Å². The van der Waals surface area contributed by atoms with Crippen LogP contribution in [0.5, 0.6) is 11.5 Å². The summed E-state index contributed by atoms with van der Waals surface area (Å²) in [4.78, 5) is 9.53. The van der Waals surface area contributed by atoms with E-state index in [1.165, 1.54) is 31.5 Å². The van der Waals surface area contributed by atoms with Crippen LogP contribution in [0.3, 0.4) is 0 Å². The van der Waals surface area contributed by atoms with Gasteiger partial charge in [-0.2, -0.15) is 12.1 Å². The van der Waals surface area contributed by atoms with Gasteiger partial charge in [-0.3, -0.25) is 0 Å². The summed E-state index contributed by atoms with van der Waals surface area (Å²) in [6.45, 7) is 22.5. The minimum atomic E-state index is -0.0396. The number of fused-ring (bicyclic) bond motifs is 6. The standard InChI is InChI=1S/C62H55N4OS.Pt/c1-60(2,3)42-28-24-40(25-29-42)48-19-15-20-49(41-26-30-43(31-27-41)61(4,5)6)57(48)65-39-64(52-21-11-12-22-53(52)65)45-16-14-17-46(37-45)67-47-32-33-50-54(38-47)66(56-36-44(34-35-63-56)62(7,8)9)58-51-18-10-13-23-55(51)68-59(50)58;/h10-36,39H,1-9H3;/q-3;. The van der Waals surface area contributed by atoms with Crippen LogP contribution in [0.4, 0.5) is 22.7 Å². The van der Waals surface area contributed by atoms with Crippen molar-refractivity contribution in [2.45, 2.75) is 78.6 Å². The van der Waals surface area contributed by atoms with E-state index in [2.05, 4.69) is 235 Å². The van der Waals surface area contributed by atoms with Crippen molar-refractivity contribution in [3.63, 3.8) is 0 Å². The number of benzene rings is 7. The van der Waals surface area contributed by atoms with Gasteiger partial charge in [0.1, 0.15) is 5.82 Å². The second kappa shape index (κ2) is 17.5. The summed E-state index contributed by atoms with van der Waals surface area (Å²) in [5.74, 6) is 2.07. The molecule has 0 fully saturated rings. The molecule has 5 nitrogen and oxygen atoms in total. The van der Waals surface area contributed by atoms with E-state index in [4.69, 9.17) is 9.72 Å². The molecule has 0 amide bonds. The average molecular weight is 1100 g/mol. The van der Waals surface area contributed by atoms with Gasteiger partial charge in [-0.05, 0) is 74.4 Å². The number of nitrogens with zero attached hydrogens (tertiary/aromatic N) is 4. The van der Waals surface area contributed by atoms with Crippen LogP contribution in [-0.2, 0) is 37.3 Å². The third-order valence-electron chi connectivity index (χ3n) is 13.3. The number of ether oxygens (including phenoxy) is 1. The number of hydrogen-bond acceptors (Lipinski definition) is 5. The zero-order valence-corrected chi connectivity index (χ0v) is 43.7. The summed E-state index contributed by atoms with van der Waals surface area (Å²) < 4.78 is 11.5. The maximum Gasteiger partial charge on any atom is 0.135 e. The molecular weight excluding hydrogens is 1040 g/mol. The van der Waals surface area contributed by atoms with Crippen LogP contribution in [0, 0.1) is 18.8 Å². The summed E-state index contributed by atoms with van der Waals surface area (Å²) in [6.07, 6.45) is 1.92. The fourth-order valence-corrected chi connectivity index (χ4v) is 10.7. The fourth-order valence-electron chi connectivity index (χ4n) is 9.47. The van der Waals surface area contributed by atoms with Crippen molar-refractivity contribution in [3.8, 4) is 39.6 Å². The first-order chi connectivity index (χ1) is 32.6. The second-order valence-corrected chi connectivity index (χ2v) is 22.1. The van der Waals surface area contributed by atoms with E-state index < -0.39 is 0 Å². The molecule has 348 valence electrons. The Kier molecular flexibility index (Phi) is 11.7. The Morgan fingerprint density at radius 2 is 1.12 bits per heavy atom. The van der Waals surface area contributed by atoms with E-state index in [0.717, 1.165) is 67.2 Å². The molecule has 0 N–H and O–H groups in total. The van der Waals surface area contributed by atoms with Gasteiger partial charge in [0, 0.05) is 81.7 Å². The van der Waals surface area contributed by atoms with E-state index in [9.17, 15) is 0 Å². The number of rotatable bonds is 7. The van der Waals surface area contributed by atoms with Crippen molar-refractivity contribution in [2.24, 2.45) is 0 Å². The normalized spacial score (nSPS) is 13.1. The number of anilines is 4. The molecule has 1 aliphatic heterocycles. The predicted octanol–water partition coefficient (Wildman–Crippen LogP) is 17.4. The largest absolute Gasteiger partial charge is 0.509 e. The number of pyridine rings is 1. The molecule has 3 aromatic heterocycles. The molecule has 10 aromatic rings. The summed E-state index contributed by atoms with van der Waals surface area (Å²) in [5.41, 5.74) is 14.7. The van der Waals surface area contributed by atoms with Crippen molar-refractivity contribution < 1.29 is 25.8 Å². The number of hydrogen-bond donors (Lipinski definition) is 0. The Labute approximate surface area is 425 Å². The van der Waals surface area contributed by atoms with Gasteiger partial charge < -0.3 is 19.1 Å². The monoisotopic (exact) mass is 1100 g/mol. The van der Waals surface area contributed by atoms with Crippen LogP contribution < -0.4 is 14.5 Å². The summed E-state index contributed by atoms with van der Waals surface area (Å²) in [5, 5.41) is 2.32. The number of aromatic nitrogens is 2. The van der Waals surface area contributed by atoms with Gasteiger partial charge in [0.05, 0.1) is 5.52 Å². The van der Waals surface area contributed by atoms with Crippen LogP contribution >= 0.6 is 11.3 Å². The predicted molar refractivity (Wildman–Crippen MR) is 287 cm³/mol. The molecule has 0 spiro atoms. The maximum absolute atomic E-state index is 6.74. The molecule has 69 heavy (non-hydrogen) atoms. The van der Waals surface area contributed by atoms with Crippen molar-refractivity contribution in [1.82, 2.24) is 9.55 Å². The molecule has 0 saturated carbocycles. The van der Waals surface area contributed by atoms with Crippen LogP contribution in [0.2, 0.25) is 0 Å². The topological polar surface area (TPSA) is 33.5 Å². The zero-order valence-electron chi connectivity index (χ0n) is 40.6. The van der Waals surface area contributed by atoms with Gasteiger partial charge in [-0.25, -0.2) is 4.98 Å². The quantitative estimate of drug-likeness (QED) is 0.149. The van der Waals surface area contributed by atoms with Crippen molar-refractivity contribution in [1.29, 1.82) is 0 Å². The Bertz CT molecular complexity index is 3450. The minimum absolute atomic E-state index is 0. The molecule has 0 bridgehead atoms. The van der Waals surface area contributed by atoms with Crippen LogP contribution in [-0.4, -0.2) is 9.55 Å². The van der Waals surface area contributed by atoms with Gasteiger partial charge in [0.25, 0.3) is 0 Å². The SMILES string of the molecule is CC(C)(C)c1ccc(-c2cccc(-c3ccc(C(C)(C)C)cc3)c2N2[CH-]N(c3[c-]c(Oc4[c-]c5c(cc4)c4sc6ccccc6c4n5-c4cc(C(C)(C)C)ccn4)ccc3)c3ccccc32)cc1.[Pt]. The Morgan fingerprint density at radius 1 is 0.536 bits per heavy atom. The summed E-state index contributed by atoms with van der Waals surface area (Å²) in [7, 11) is 0. The van der Waals surface area contributed by atoms with Gasteiger partial charge in [0.2, 0.25) is 0 Å². The van der Waals surface area contributed by atoms with E-state index in [1.807, 2.05) is 35.7 Å². The van der Waals surface area contributed by atoms with Crippen molar-refractivity contribution in [2.75, 3.05) is 9.80 Å². The van der Waals surface area contributed by atoms with Crippen molar-refractivity contribution in [3.05, 3.63) is 199 Å². The molecule has 0 saturated heterocycles. The van der Waals surface area contributed by atoms with Gasteiger partial charge in [-0.1, -0.05) is 170 Å². The van der Waals surface area contributed by atoms with Gasteiger partial charge in [0.15, 0.2) is 0 Å². The summed E-state index contributed by atoms with van der Waals surface area (Å²) >= 11 is 1.81. The van der Waals surface area contributed by atoms with E-state index in [1.54, 1.807) is 0 Å². The van der Waals surface area contributed by atoms with E-state index >= 15 is 0 Å². The average Bonchev–Trinajstić information content (AvgIpc) is 4.00. The Morgan fingerprint density at radius 3 is 1.75 bits per heavy atom.